The van der Waals surface area contributed by atoms with Crippen molar-refractivity contribution in [1.29, 1.82) is 0 Å². The van der Waals surface area contributed by atoms with Gasteiger partial charge >= 0.3 is 6.18 Å². The topological polar surface area (TPSA) is 107 Å². The van der Waals surface area contributed by atoms with Crippen LogP contribution in [0.1, 0.15) is 5.56 Å². The van der Waals surface area contributed by atoms with Crippen LogP contribution in [-0.4, -0.2) is 25.5 Å². The van der Waals surface area contributed by atoms with Gasteiger partial charge in [0, 0.05) is 11.9 Å². The molecule has 1 heterocycles. The molecule has 3 N–H and O–H groups in total. The number of nitrogens with zero attached hydrogens (tertiary/aromatic N) is 2. The monoisotopic (exact) mass is 348 g/mol. The third-order valence-corrected chi connectivity index (χ3v) is 3.62. The quantitative estimate of drug-likeness (QED) is 0.874. The standard InChI is InChI=1S/C12H11F3N4O3S/c1-22-10-9(12(13,14)15)6-17-11(19-10)18-7-2-4-8(5-3-7)23(16,20)21/h2-6H,1H3,(H2,16,20,21)(H,17,18,19). The summed E-state index contributed by atoms with van der Waals surface area (Å²) in [7, 11) is -2.77. The molecule has 0 spiro atoms. The Morgan fingerprint density at radius 2 is 1.83 bits per heavy atom. The molecular formula is C12H11F3N4O3S. The van der Waals surface area contributed by atoms with E-state index < -0.39 is 27.6 Å². The maximum atomic E-state index is 12.7. The minimum absolute atomic E-state index is 0.103. The molecule has 0 unspecified atom stereocenters. The maximum Gasteiger partial charge on any atom is 0.423 e. The van der Waals surface area contributed by atoms with Gasteiger partial charge < -0.3 is 10.1 Å². The van der Waals surface area contributed by atoms with E-state index in [0.717, 1.165) is 7.11 Å². The molecule has 0 saturated heterocycles. The van der Waals surface area contributed by atoms with E-state index in [9.17, 15) is 21.6 Å². The summed E-state index contributed by atoms with van der Waals surface area (Å²) in [6.45, 7) is 0. The van der Waals surface area contributed by atoms with E-state index in [2.05, 4.69) is 20.0 Å². The van der Waals surface area contributed by atoms with Crippen LogP contribution >= 0.6 is 0 Å². The first-order chi connectivity index (χ1) is 10.6. The summed E-state index contributed by atoms with van der Waals surface area (Å²) < 4.78 is 65.0. The Hall–Kier alpha value is -2.40. The molecule has 7 nitrogen and oxygen atoms in total. The van der Waals surface area contributed by atoms with Crippen LogP contribution in [0.25, 0.3) is 0 Å². The Labute approximate surface area is 129 Å². The van der Waals surface area contributed by atoms with Crippen LogP contribution in [0, 0.1) is 0 Å². The number of hydrogen-bond donors (Lipinski definition) is 2. The van der Waals surface area contributed by atoms with Crippen LogP contribution < -0.4 is 15.2 Å². The second-order valence-corrected chi connectivity index (χ2v) is 5.87. The highest BCUT2D eigenvalue weighted by Gasteiger charge is 2.36. The fourth-order valence-electron chi connectivity index (χ4n) is 1.63. The van der Waals surface area contributed by atoms with Gasteiger partial charge in [0.25, 0.3) is 0 Å². The lowest BCUT2D eigenvalue weighted by Crippen LogP contribution is -2.12. The second kappa shape index (κ2) is 6.01. The summed E-state index contributed by atoms with van der Waals surface area (Å²) in [5.74, 6) is -0.769. The van der Waals surface area contributed by atoms with Crippen molar-refractivity contribution in [2.45, 2.75) is 11.1 Å². The maximum absolute atomic E-state index is 12.7. The Kier molecular flexibility index (Phi) is 4.43. The lowest BCUT2D eigenvalue weighted by molar-refractivity contribution is -0.139. The highest BCUT2D eigenvalue weighted by molar-refractivity contribution is 7.89. The molecule has 0 bridgehead atoms. The summed E-state index contributed by atoms with van der Waals surface area (Å²) >= 11 is 0. The van der Waals surface area contributed by atoms with Crippen LogP contribution in [0.2, 0.25) is 0 Å². The van der Waals surface area contributed by atoms with E-state index in [1.807, 2.05) is 0 Å². The molecule has 0 saturated carbocycles. The number of sulfonamides is 1. The van der Waals surface area contributed by atoms with Gasteiger partial charge in [-0.25, -0.2) is 18.5 Å². The van der Waals surface area contributed by atoms with Crippen LogP contribution in [0.3, 0.4) is 0 Å². The number of rotatable bonds is 4. The number of aromatic nitrogens is 2. The lowest BCUT2D eigenvalue weighted by atomic mass is 10.3. The van der Waals surface area contributed by atoms with Gasteiger partial charge in [0.15, 0.2) is 0 Å². The lowest BCUT2D eigenvalue weighted by Gasteiger charge is -2.12. The minimum Gasteiger partial charge on any atom is -0.480 e. The van der Waals surface area contributed by atoms with E-state index in [-0.39, 0.29) is 10.8 Å². The Balaban J connectivity index is 2.27. The Morgan fingerprint density at radius 3 is 2.30 bits per heavy atom. The molecule has 1 aromatic heterocycles. The second-order valence-electron chi connectivity index (χ2n) is 4.31. The summed E-state index contributed by atoms with van der Waals surface area (Å²) in [4.78, 5) is 7.07. The number of hydrogen-bond acceptors (Lipinski definition) is 6. The van der Waals surface area contributed by atoms with Gasteiger partial charge in [0.1, 0.15) is 5.56 Å². The van der Waals surface area contributed by atoms with Gasteiger partial charge in [0.05, 0.1) is 12.0 Å². The smallest absolute Gasteiger partial charge is 0.423 e. The van der Waals surface area contributed by atoms with Crippen molar-refractivity contribution in [3.8, 4) is 5.88 Å². The molecule has 2 rings (SSSR count). The molecule has 0 atom stereocenters. The van der Waals surface area contributed by atoms with Gasteiger partial charge in [-0.2, -0.15) is 18.2 Å². The highest BCUT2D eigenvalue weighted by atomic mass is 32.2. The SMILES string of the molecule is COc1nc(Nc2ccc(S(N)(=O)=O)cc2)ncc1C(F)(F)F. The average molecular weight is 348 g/mol. The van der Waals surface area contributed by atoms with E-state index in [4.69, 9.17) is 5.14 Å². The number of ether oxygens (including phenoxy) is 1. The highest BCUT2D eigenvalue weighted by Crippen LogP contribution is 2.35. The number of halogens is 3. The molecule has 0 radical (unpaired) electrons. The molecule has 0 amide bonds. The van der Waals surface area contributed by atoms with Crippen molar-refractivity contribution in [2.75, 3.05) is 12.4 Å². The predicted molar refractivity (Wildman–Crippen MR) is 74.7 cm³/mol. The van der Waals surface area contributed by atoms with Crippen LogP contribution in [-0.2, 0) is 16.2 Å². The van der Waals surface area contributed by atoms with Crippen LogP contribution in [0.5, 0.6) is 5.88 Å². The summed E-state index contributed by atoms with van der Waals surface area (Å²) in [5, 5.41) is 7.59. The van der Waals surface area contributed by atoms with Crippen molar-refractivity contribution in [2.24, 2.45) is 5.14 Å². The van der Waals surface area contributed by atoms with Crippen molar-refractivity contribution >= 4 is 21.7 Å². The normalized spacial score (nSPS) is 12.0. The number of benzene rings is 1. The number of alkyl halides is 3. The number of primary sulfonamides is 1. The number of methoxy groups -OCH3 is 1. The predicted octanol–water partition coefficient (Wildman–Crippen LogP) is 1.89. The van der Waals surface area contributed by atoms with Crippen molar-refractivity contribution in [1.82, 2.24) is 9.97 Å². The molecular weight excluding hydrogens is 337 g/mol. The molecule has 1 aromatic carbocycles. The van der Waals surface area contributed by atoms with E-state index in [1.54, 1.807) is 0 Å². The third kappa shape index (κ3) is 4.07. The fraction of sp³-hybridized carbons (Fsp3) is 0.167. The van der Waals surface area contributed by atoms with E-state index in [1.165, 1.54) is 24.3 Å². The zero-order valence-corrected chi connectivity index (χ0v) is 12.4. The number of nitrogens with one attached hydrogen (secondary N) is 1. The van der Waals surface area contributed by atoms with Gasteiger partial charge in [-0.1, -0.05) is 0 Å². The van der Waals surface area contributed by atoms with E-state index >= 15 is 0 Å². The fourth-order valence-corrected chi connectivity index (χ4v) is 2.15. The number of nitrogens with two attached hydrogens (primary N) is 1. The number of anilines is 2. The van der Waals surface area contributed by atoms with Crippen LogP contribution in [0.15, 0.2) is 35.4 Å². The average Bonchev–Trinajstić information content (AvgIpc) is 2.45. The van der Waals surface area contributed by atoms with Gasteiger partial charge in [0.2, 0.25) is 21.9 Å². The van der Waals surface area contributed by atoms with Crippen molar-refractivity contribution in [3.05, 3.63) is 36.0 Å². The molecule has 0 aliphatic carbocycles. The zero-order valence-electron chi connectivity index (χ0n) is 11.6. The summed E-state index contributed by atoms with van der Waals surface area (Å²) in [6, 6.07) is 5.21. The summed E-state index contributed by atoms with van der Waals surface area (Å²) in [6.07, 6.45) is -4.05. The van der Waals surface area contributed by atoms with Crippen LogP contribution in [0.4, 0.5) is 24.8 Å². The molecule has 2 aromatic rings. The first-order valence-electron chi connectivity index (χ1n) is 5.99. The molecule has 0 fully saturated rings. The Morgan fingerprint density at radius 1 is 1.22 bits per heavy atom. The zero-order chi connectivity index (χ0) is 17.3. The van der Waals surface area contributed by atoms with Gasteiger partial charge in [-0.05, 0) is 24.3 Å². The Bertz CT molecular complexity index is 807. The van der Waals surface area contributed by atoms with Gasteiger partial charge in [-0.15, -0.1) is 0 Å². The molecule has 0 aliphatic rings. The summed E-state index contributed by atoms with van der Waals surface area (Å²) in [5.41, 5.74) is -0.741. The first-order valence-corrected chi connectivity index (χ1v) is 7.54. The molecule has 124 valence electrons. The molecule has 0 aliphatic heterocycles. The van der Waals surface area contributed by atoms with Crippen molar-refractivity contribution < 1.29 is 26.3 Å². The van der Waals surface area contributed by atoms with Gasteiger partial charge in [-0.3, -0.25) is 0 Å². The largest absolute Gasteiger partial charge is 0.480 e. The first kappa shape index (κ1) is 17.0. The third-order valence-electron chi connectivity index (χ3n) is 2.69. The molecule has 23 heavy (non-hydrogen) atoms. The van der Waals surface area contributed by atoms with E-state index in [0.29, 0.717) is 11.9 Å². The minimum atomic E-state index is -4.64. The van der Waals surface area contributed by atoms with Crippen molar-refractivity contribution in [3.63, 3.8) is 0 Å². The molecule has 11 heteroatoms.